The molecule has 0 bridgehead atoms. The summed E-state index contributed by atoms with van der Waals surface area (Å²) < 4.78 is 5.40. The molecule has 6 nitrogen and oxygen atoms in total. The molecule has 1 amide bonds. The molecule has 4 rings (SSSR count). The van der Waals surface area contributed by atoms with Crippen molar-refractivity contribution in [3.63, 3.8) is 0 Å². The van der Waals surface area contributed by atoms with Crippen molar-refractivity contribution >= 4 is 17.4 Å². The summed E-state index contributed by atoms with van der Waals surface area (Å²) in [5.74, 6) is 0.463. The Morgan fingerprint density at radius 1 is 1.09 bits per heavy atom. The number of benzene rings is 2. The molecule has 6 heteroatoms. The number of methoxy groups -OCH3 is 1. The first-order valence-electron chi connectivity index (χ1n) is 12.2. The summed E-state index contributed by atoms with van der Waals surface area (Å²) in [6, 6.07) is 12.9. The molecule has 34 heavy (non-hydrogen) atoms. The minimum atomic E-state index is -0.177. The lowest BCUT2D eigenvalue weighted by Crippen LogP contribution is -2.43. The second-order valence-corrected chi connectivity index (χ2v) is 9.87. The molecule has 1 fully saturated rings. The van der Waals surface area contributed by atoms with Gasteiger partial charge in [0.2, 0.25) is 0 Å². The fourth-order valence-electron chi connectivity index (χ4n) is 4.79. The third-order valence-electron chi connectivity index (χ3n) is 6.56. The molecular formula is C28H35N3O3. The van der Waals surface area contributed by atoms with E-state index in [2.05, 4.69) is 35.4 Å². The van der Waals surface area contributed by atoms with E-state index in [9.17, 15) is 9.59 Å². The summed E-state index contributed by atoms with van der Waals surface area (Å²) >= 11 is 0. The zero-order valence-electron chi connectivity index (χ0n) is 20.4. The van der Waals surface area contributed by atoms with Crippen molar-refractivity contribution in [1.82, 2.24) is 15.5 Å². The Morgan fingerprint density at radius 3 is 2.62 bits per heavy atom. The molecular weight excluding hydrogens is 426 g/mol. The normalized spacial score (nSPS) is 18.6. The number of carbonyl (C=O) groups excluding carboxylic acids is 2. The Kier molecular flexibility index (Phi) is 7.37. The van der Waals surface area contributed by atoms with Gasteiger partial charge in [0.05, 0.1) is 7.11 Å². The molecule has 2 heterocycles. The van der Waals surface area contributed by atoms with Gasteiger partial charge in [-0.2, -0.15) is 0 Å². The minimum Gasteiger partial charge on any atom is -0.497 e. The fraction of sp³-hybridized carbons (Fsp3) is 0.429. The SMILES string of the molecule is COc1ccc2c(c1)/C(=C/C(=O)c1cccc(C(=O)NCCN3CCCCC3)c1)NC(C)(C)C2. The van der Waals surface area contributed by atoms with Crippen molar-refractivity contribution in [2.45, 2.75) is 45.1 Å². The van der Waals surface area contributed by atoms with Crippen LogP contribution in [-0.4, -0.2) is 55.4 Å². The van der Waals surface area contributed by atoms with Crippen molar-refractivity contribution in [3.8, 4) is 5.75 Å². The monoisotopic (exact) mass is 461 g/mol. The van der Waals surface area contributed by atoms with E-state index in [0.29, 0.717) is 17.7 Å². The average molecular weight is 462 g/mol. The van der Waals surface area contributed by atoms with Crippen LogP contribution in [0.15, 0.2) is 48.5 Å². The number of ketones is 1. The highest BCUT2D eigenvalue weighted by atomic mass is 16.5. The number of rotatable bonds is 7. The van der Waals surface area contributed by atoms with Crippen LogP contribution >= 0.6 is 0 Å². The van der Waals surface area contributed by atoms with Crippen LogP contribution in [0.3, 0.4) is 0 Å². The maximum absolute atomic E-state index is 13.2. The van der Waals surface area contributed by atoms with Crippen LogP contribution in [0.2, 0.25) is 0 Å². The zero-order chi connectivity index (χ0) is 24.1. The maximum atomic E-state index is 13.2. The standard InChI is InChI=1S/C28H35N3O3/c1-28(2)19-22-10-11-23(34-3)17-24(22)25(30-28)18-26(32)20-8-7-9-21(16-20)27(33)29-12-15-31-13-5-4-6-14-31/h7-11,16-18,30H,4-6,12-15,19H2,1-3H3,(H,29,33)/b25-18-. The largest absolute Gasteiger partial charge is 0.497 e. The van der Waals surface area contributed by atoms with Gasteiger partial charge in [-0.25, -0.2) is 0 Å². The molecule has 0 saturated carbocycles. The third-order valence-corrected chi connectivity index (χ3v) is 6.56. The Balaban J connectivity index is 1.48. The number of hydrogen-bond acceptors (Lipinski definition) is 5. The van der Waals surface area contributed by atoms with Crippen LogP contribution < -0.4 is 15.4 Å². The molecule has 0 atom stereocenters. The summed E-state index contributed by atoms with van der Waals surface area (Å²) in [5.41, 5.74) is 3.73. The van der Waals surface area contributed by atoms with Crippen LogP contribution in [0.5, 0.6) is 5.75 Å². The molecule has 1 saturated heterocycles. The number of hydrogen-bond donors (Lipinski definition) is 2. The molecule has 2 aliphatic rings. The smallest absolute Gasteiger partial charge is 0.251 e. The van der Waals surface area contributed by atoms with Gasteiger partial charge in [0.15, 0.2) is 5.78 Å². The molecule has 0 unspecified atom stereocenters. The molecule has 2 aromatic rings. The quantitative estimate of drug-likeness (QED) is 0.481. The van der Waals surface area contributed by atoms with Crippen LogP contribution in [0.1, 0.15) is 65.0 Å². The van der Waals surface area contributed by atoms with E-state index in [1.165, 1.54) is 24.8 Å². The van der Waals surface area contributed by atoms with E-state index in [-0.39, 0.29) is 17.2 Å². The van der Waals surface area contributed by atoms with E-state index in [0.717, 1.165) is 43.1 Å². The van der Waals surface area contributed by atoms with Gasteiger partial charge in [0.1, 0.15) is 5.75 Å². The number of carbonyl (C=O) groups is 2. The summed E-state index contributed by atoms with van der Waals surface area (Å²) in [6.45, 7) is 7.92. The molecule has 0 radical (unpaired) electrons. The van der Waals surface area contributed by atoms with E-state index >= 15 is 0 Å². The van der Waals surface area contributed by atoms with E-state index in [1.807, 2.05) is 12.1 Å². The average Bonchev–Trinajstić information content (AvgIpc) is 2.84. The number of nitrogens with one attached hydrogen (secondary N) is 2. The number of likely N-dealkylation sites (tertiary alicyclic amines) is 1. The second kappa shape index (κ2) is 10.4. The Hall–Kier alpha value is -3.12. The highest BCUT2D eigenvalue weighted by Gasteiger charge is 2.28. The Bertz CT molecular complexity index is 1080. The molecule has 2 aromatic carbocycles. The van der Waals surface area contributed by atoms with Crippen molar-refractivity contribution in [3.05, 3.63) is 70.8 Å². The third kappa shape index (κ3) is 5.86. The lowest BCUT2D eigenvalue weighted by Gasteiger charge is -2.35. The molecule has 0 aromatic heterocycles. The first-order valence-corrected chi connectivity index (χ1v) is 12.2. The van der Waals surface area contributed by atoms with Crippen molar-refractivity contribution in [2.75, 3.05) is 33.3 Å². The second-order valence-electron chi connectivity index (χ2n) is 9.87. The summed E-state index contributed by atoms with van der Waals surface area (Å²) in [5, 5.41) is 6.49. The lowest BCUT2D eigenvalue weighted by molar-refractivity contribution is 0.0946. The van der Waals surface area contributed by atoms with Gasteiger partial charge >= 0.3 is 0 Å². The lowest BCUT2D eigenvalue weighted by atomic mass is 9.85. The molecule has 0 aliphatic carbocycles. The number of piperidine rings is 1. The van der Waals surface area contributed by atoms with Crippen LogP contribution in [0.25, 0.3) is 5.70 Å². The highest BCUT2D eigenvalue weighted by molar-refractivity contribution is 6.10. The number of amides is 1. The Morgan fingerprint density at radius 2 is 1.85 bits per heavy atom. The fourth-order valence-corrected chi connectivity index (χ4v) is 4.79. The van der Waals surface area contributed by atoms with Crippen LogP contribution in [0, 0.1) is 0 Å². The minimum absolute atomic E-state index is 0.142. The maximum Gasteiger partial charge on any atom is 0.251 e. The van der Waals surface area contributed by atoms with Gasteiger partial charge < -0.3 is 20.3 Å². The Labute approximate surface area is 202 Å². The van der Waals surface area contributed by atoms with Crippen LogP contribution in [0.4, 0.5) is 0 Å². The summed E-state index contributed by atoms with van der Waals surface area (Å²) in [6.07, 6.45) is 6.25. The van der Waals surface area contributed by atoms with E-state index < -0.39 is 0 Å². The van der Waals surface area contributed by atoms with Crippen molar-refractivity contribution in [2.24, 2.45) is 0 Å². The summed E-state index contributed by atoms with van der Waals surface area (Å²) in [4.78, 5) is 28.3. The number of fused-ring (bicyclic) bond motifs is 1. The van der Waals surface area contributed by atoms with Gasteiger partial charge in [0, 0.05) is 47.1 Å². The zero-order valence-corrected chi connectivity index (χ0v) is 20.4. The van der Waals surface area contributed by atoms with Gasteiger partial charge in [-0.15, -0.1) is 0 Å². The van der Waals surface area contributed by atoms with Crippen molar-refractivity contribution in [1.29, 1.82) is 0 Å². The molecule has 2 N–H and O–H groups in total. The van der Waals surface area contributed by atoms with Gasteiger partial charge in [-0.05, 0) is 76.0 Å². The molecule has 0 spiro atoms. The first-order chi connectivity index (χ1) is 16.3. The predicted molar refractivity (Wildman–Crippen MR) is 135 cm³/mol. The highest BCUT2D eigenvalue weighted by Crippen LogP contribution is 2.32. The van der Waals surface area contributed by atoms with Gasteiger partial charge in [-0.1, -0.05) is 24.6 Å². The van der Waals surface area contributed by atoms with E-state index in [4.69, 9.17) is 4.74 Å². The topological polar surface area (TPSA) is 70.7 Å². The van der Waals surface area contributed by atoms with Gasteiger partial charge in [0.25, 0.3) is 5.91 Å². The number of nitrogens with zero attached hydrogens (tertiary/aromatic N) is 1. The molecule has 2 aliphatic heterocycles. The van der Waals surface area contributed by atoms with Gasteiger partial charge in [-0.3, -0.25) is 9.59 Å². The van der Waals surface area contributed by atoms with Crippen molar-refractivity contribution < 1.29 is 14.3 Å². The molecule has 180 valence electrons. The number of allylic oxidation sites excluding steroid dienone is 1. The van der Waals surface area contributed by atoms with E-state index in [1.54, 1.807) is 37.5 Å². The van der Waals surface area contributed by atoms with Crippen LogP contribution in [-0.2, 0) is 6.42 Å². The summed E-state index contributed by atoms with van der Waals surface area (Å²) in [7, 11) is 1.64. The predicted octanol–water partition coefficient (Wildman–Crippen LogP) is 4.06. The number of ether oxygens (including phenoxy) is 1. The first kappa shape index (κ1) is 24.0.